The molecule has 0 aliphatic carbocycles. The molecule has 6 nitrogen and oxygen atoms in total. The fourth-order valence-electron chi connectivity index (χ4n) is 1.30. The summed E-state index contributed by atoms with van der Waals surface area (Å²) in [5.74, 6) is -0.0877. The fourth-order valence-corrected chi connectivity index (χ4v) is 2.05. The van der Waals surface area contributed by atoms with Crippen LogP contribution in [0.5, 0.6) is 5.75 Å². The predicted molar refractivity (Wildman–Crippen MR) is 80.9 cm³/mol. The van der Waals surface area contributed by atoms with Gasteiger partial charge in [0.15, 0.2) is 6.61 Å². The summed E-state index contributed by atoms with van der Waals surface area (Å²) in [7, 11) is -3.50. The van der Waals surface area contributed by atoms with E-state index in [1.54, 1.807) is 45.9 Å². The van der Waals surface area contributed by atoms with E-state index in [2.05, 4.69) is 4.72 Å². The molecule has 1 rings (SSSR count). The lowest BCUT2D eigenvalue weighted by molar-refractivity contribution is -0.145. The van der Waals surface area contributed by atoms with Gasteiger partial charge < -0.3 is 9.47 Å². The van der Waals surface area contributed by atoms with Gasteiger partial charge in [0.1, 0.15) is 5.75 Å². The zero-order valence-electron chi connectivity index (χ0n) is 12.7. The molecule has 0 aromatic heterocycles. The van der Waals surface area contributed by atoms with Crippen LogP contribution in [0.15, 0.2) is 24.3 Å². The van der Waals surface area contributed by atoms with E-state index in [-0.39, 0.29) is 13.2 Å². The third kappa shape index (κ3) is 5.26. The molecule has 0 aliphatic heterocycles. The zero-order chi connectivity index (χ0) is 16.1. The van der Waals surface area contributed by atoms with Crippen LogP contribution in [-0.4, -0.2) is 32.3 Å². The van der Waals surface area contributed by atoms with E-state index in [1.807, 2.05) is 0 Å². The predicted octanol–water partition coefficient (Wildman–Crippen LogP) is 2.17. The van der Waals surface area contributed by atoms with Crippen LogP contribution in [-0.2, 0) is 19.6 Å². The number of rotatable bonds is 6. The second-order valence-corrected chi connectivity index (χ2v) is 7.78. The van der Waals surface area contributed by atoms with Crippen LogP contribution in [0.4, 0.5) is 5.69 Å². The van der Waals surface area contributed by atoms with Crippen molar-refractivity contribution in [3.05, 3.63) is 24.3 Å². The van der Waals surface area contributed by atoms with E-state index >= 15 is 0 Å². The topological polar surface area (TPSA) is 81.7 Å². The number of nitrogens with one attached hydrogen (secondary N) is 1. The molecule has 0 fully saturated rings. The van der Waals surface area contributed by atoms with Crippen LogP contribution >= 0.6 is 0 Å². The van der Waals surface area contributed by atoms with Crippen molar-refractivity contribution in [1.29, 1.82) is 0 Å². The summed E-state index contributed by atoms with van der Waals surface area (Å²) in [6.07, 6.45) is 0. The summed E-state index contributed by atoms with van der Waals surface area (Å²) < 4.78 is 35.7. The van der Waals surface area contributed by atoms with Crippen LogP contribution in [0, 0.1) is 0 Å². The molecular weight excluding hydrogens is 294 g/mol. The van der Waals surface area contributed by atoms with Crippen molar-refractivity contribution >= 4 is 21.7 Å². The standard InChI is InChI=1S/C14H21NO5S/c1-5-19-13(16)10-20-12-8-6-7-11(9-12)15-21(17,18)14(2,3)4/h6-9,15H,5,10H2,1-4H3. The first-order valence-electron chi connectivity index (χ1n) is 6.56. The molecule has 0 radical (unpaired) electrons. The van der Waals surface area contributed by atoms with Gasteiger partial charge in [-0.15, -0.1) is 0 Å². The first-order chi connectivity index (χ1) is 9.65. The van der Waals surface area contributed by atoms with Crippen molar-refractivity contribution < 1.29 is 22.7 Å². The number of hydrogen-bond acceptors (Lipinski definition) is 5. The molecule has 0 bridgehead atoms. The lowest BCUT2D eigenvalue weighted by atomic mass is 10.3. The fraction of sp³-hybridized carbons (Fsp3) is 0.500. The largest absolute Gasteiger partial charge is 0.482 e. The maximum absolute atomic E-state index is 12.1. The van der Waals surface area contributed by atoms with Crippen LogP contribution in [0.1, 0.15) is 27.7 Å². The zero-order valence-corrected chi connectivity index (χ0v) is 13.5. The third-order valence-electron chi connectivity index (χ3n) is 2.55. The van der Waals surface area contributed by atoms with Gasteiger partial charge >= 0.3 is 5.97 Å². The molecule has 1 aromatic carbocycles. The van der Waals surface area contributed by atoms with Gasteiger partial charge in [-0.1, -0.05) is 6.07 Å². The SMILES string of the molecule is CCOC(=O)COc1cccc(NS(=O)(=O)C(C)(C)C)c1. The highest BCUT2D eigenvalue weighted by Gasteiger charge is 2.28. The van der Waals surface area contributed by atoms with Crippen LogP contribution < -0.4 is 9.46 Å². The minimum absolute atomic E-state index is 0.219. The van der Waals surface area contributed by atoms with Gasteiger partial charge in [0, 0.05) is 6.07 Å². The molecule has 0 spiro atoms. The first-order valence-corrected chi connectivity index (χ1v) is 8.05. The van der Waals surface area contributed by atoms with Crippen molar-refractivity contribution in [2.75, 3.05) is 17.9 Å². The quantitative estimate of drug-likeness (QED) is 0.814. The number of ether oxygens (including phenoxy) is 2. The highest BCUT2D eigenvalue weighted by Crippen LogP contribution is 2.22. The molecule has 0 heterocycles. The Bertz CT molecular complexity index is 590. The van der Waals surface area contributed by atoms with Gasteiger partial charge in [-0.2, -0.15) is 0 Å². The summed E-state index contributed by atoms with van der Waals surface area (Å²) in [4.78, 5) is 11.2. The molecular formula is C14H21NO5S. The van der Waals surface area contributed by atoms with Crippen LogP contribution in [0.3, 0.4) is 0 Å². The summed E-state index contributed by atoms with van der Waals surface area (Å²) in [5.41, 5.74) is 0.381. The number of hydrogen-bond donors (Lipinski definition) is 1. The minimum atomic E-state index is -3.50. The number of anilines is 1. The van der Waals surface area contributed by atoms with Crippen LogP contribution in [0.25, 0.3) is 0 Å². The summed E-state index contributed by atoms with van der Waals surface area (Å²) in [6.45, 7) is 6.60. The van der Waals surface area contributed by atoms with Crippen LogP contribution in [0.2, 0.25) is 0 Å². The molecule has 0 atom stereocenters. The molecule has 0 aliphatic rings. The summed E-state index contributed by atoms with van der Waals surface area (Å²) >= 11 is 0. The van der Waals surface area contributed by atoms with E-state index in [1.165, 1.54) is 6.07 Å². The number of esters is 1. The highest BCUT2D eigenvalue weighted by atomic mass is 32.2. The molecule has 0 unspecified atom stereocenters. The van der Waals surface area contributed by atoms with Crippen molar-refractivity contribution in [3.8, 4) is 5.75 Å². The van der Waals surface area contributed by atoms with Crippen molar-refractivity contribution in [1.82, 2.24) is 0 Å². The van der Waals surface area contributed by atoms with Gasteiger partial charge in [-0.25, -0.2) is 13.2 Å². The van der Waals surface area contributed by atoms with Gasteiger partial charge in [0.25, 0.3) is 0 Å². The summed E-state index contributed by atoms with van der Waals surface area (Å²) in [6, 6.07) is 6.40. The first kappa shape index (κ1) is 17.3. The second kappa shape index (κ2) is 6.80. The highest BCUT2D eigenvalue weighted by molar-refractivity contribution is 7.94. The molecule has 118 valence electrons. The average Bonchev–Trinajstić information content (AvgIpc) is 2.35. The molecule has 21 heavy (non-hydrogen) atoms. The molecule has 0 amide bonds. The number of sulfonamides is 1. The lowest BCUT2D eigenvalue weighted by Gasteiger charge is -2.20. The van der Waals surface area contributed by atoms with E-state index in [0.717, 1.165) is 0 Å². The Labute approximate surface area is 125 Å². The Kier molecular flexibility index (Phi) is 5.60. The Balaban J connectivity index is 2.76. The van der Waals surface area contributed by atoms with Gasteiger partial charge in [0.2, 0.25) is 10.0 Å². The van der Waals surface area contributed by atoms with Crippen molar-refractivity contribution in [2.24, 2.45) is 0 Å². The Morgan fingerprint density at radius 1 is 1.29 bits per heavy atom. The molecule has 1 N–H and O–H groups in total. The number of carbonyl (C=O) groups is 1. The monoisotopic (exact) mass is 315 g/mol. The van der Waals surface area contributed by atoms with E-state index in [4.69, 9.17) is 9.47 Å². The average molecular weight is 315 g/mol. The number of benzene rings is 1. The van der Waals surface area contributed by atoms with Crippen molar-refractivity contribution in [3.63, 3.8) is 0 Å². The lowest BCUT2D eigenvalue weighted by Crippen LogP contribution is -2.33. The minimum Gasteiger partial charge on any atom is -0.482 e. The Morgan fingerprint density at radius 3 is 2.52 bits per heavy atom. The van der Waals surface area contributed by atoms with Crippen molar-refractivity contribution in [2.45, 2.75) is 32.4 Å². The third-order valence-corrected chi connectivity index (χ3v) is 4.67. The van der Waals surface area contributed by atoms with Gasteiger partial charge in [0.05, 0.1) is 17.0 Å². The number of carbonyl (C=O) groups excluding carboxylic acids is 1. The Hall–Kier alpha value is -1.76. The normalized spacial score (nSPS) is 11.8. The van der Waals surface area contributed by atoms with Gasteiger partial charge in [-0.05, 0) is 39.8 Å². The molecule has 1 aromatic rings. The summed E-state index contributed by atoms with van der Waals surface area (Å²) in [5, 5.41) is 0. The van der Waals surface area contributed by atoms with E-state index < -0.39 is 20.7 Å². The maximum Gasteiger partial charge on any atom is 0.344 e. The molecule has 7 heteroatoms. The van der Waals surface area contributed by atoms with E-state index in [0.29, 0.717) is 11.4 Å². The molecule has 0 saturated heterocycles. The Morgan fingerprint density at radius 2 is 1.95 bits per heavy atom. The van der Waals surface area contributed by atoms with Gasteiger partial charge in [-0.3, -0.25) is 4.72 Å². The van der Waals surface area contributed by atoms with E-state index in [9.17, 15) is 13.2 Å². The molecule has 0 saturated carbocycles. The second-order valence-electron chi connectivity index (χ2n) is 5.34. The smallest absolute Gasteiger partial charge is 0.344 e. The maximum atomic E-state index is 12.1.